The van der Waals surface area contributed by atoms with Gasteiger partial charge in [0.15, 0.2) is 0 Å². The Kier molecular flexibility index (Phi) is 2.64. The summed E-state index contributed by atoms with van der Waals surface area (Å²) >= 11 is 1.75. The molecular weight excluding hydrogens is 194 g/mol. The zero-order valence-corrected chi connectivity index (χ0v) is 9.31. The van der Waals surface area contributed by atoms with Crippen LogP contribution < -0.4 is 5.73 Å². The van der Waals surface area contributed by atoms with Gasteiger partial charge in [-0.3, -0.25) is 0 Å². The lowest BCUT2D eigenvalue weighted by Crippen LogP contribution is -2.40. The average molecular weight is 211 g/mol. The van der Waals surface area contributed by atoms with Gasteiger partial charge in [0, 0.05) is 4.88 Å². The Morgan fingerprint density at radius 3 is 2.64 bits per heavy atom. The van der Waals surface area contributed by atoms with Crippen LogP contribution in [-0.2, 0) is 5.54 Å². The van der Waals surface area contributed by atoms with Gasteiger partial charge in [-0.25, -0.2) is 0 Å². The number of thiophene rings is 1. The van der Waals surface area contributed by atoms with Crippen molar-refractivity contribution in [2.75, 3.05) is 0 Å². The zero-order chi connectivity index (χ0) is 10.2. The second-order valence-electron chi connectivity index (χ2n) is 4.38. The normalized spacial score (nSPS) is 33.2. The van der Waals surface area contributed by atoms with E-state index in [2.05, 4.69) is 18.4 Å². The average Bonchev–Trinajstić information content (AvgIpc) is 2.58. The zero-order valence-electron chi connectivity index (χ0n) is 8.49. The smallest absolute Gasteiger partial charge is 0.0541 e. The minimum absolute atomic E-state index is 0.132. The number of hydrogen-bond acceptors (Lipinski definition) is 3. The van der Waals surface area contributed by atoms with E-state index in [1.807, 2.05) is 0 Å². The molecule has 3 N–H and O–H groups in total. The first kappa shape index (κ1) is 10.1. The standard InChI is InChI=1S/C11H17NOS/c1-8-6-10(14-7-8)11(12)4-2-9(13)3-5-11/h6-7,9,13H,2-5,12H2,1H3. The molecule has 1 aromatic heterocycles. The summed E-state index contributed by atoms with van der Waals surface area (Å²) in [6, 6.07) is 2.18. The Morgan fingerprint density at radius 1 is 1.50 bits per heavy atom. The summed E-state index contributed by atoms with van der Waals surface area (Å²) in [6.07, 6.45) is 3.37. The predicted octanol–water partition coefficient (Wildman–Crippen LogP) is 2.15. The van der Waals surface area contributed by atoms with E-state index in [9.17, 15) is 5.11 Å². The Hall–Kier alpha value is -0.380. The number of aryl methyl sites for hydroxylation is 1. The van der Waals surface area contributed by atoms with Gasteiger partial charge in [-0.2, -0.15) is 0 Å². The molecule has 0 radical (unpaired) electrons. The molecule has 0 bridgehead atoms. The lowest BCUT2D eigenvalue weighted by atomic mass is 9.80. The third-order valence-corrected chi connectivity index (χ3v) is 4.34. The molecule has 1 fully saturated rings. The van der Waals surface area contributed by atoms with Crippen molar-refractivity contribution in [1.82, 2.24) is 0 Å². The first-order chi connectivity index (χ1) is 6.60. The number of aliphatic hydroxyl groups is 1. The van der Waals surface area contributed by atoms with E-state index in [1.54, 1.807) is 11.3 Å². The predicted molar refractivity (Wildman–Crippen MR) is 59.4 cm³/mol. The van der Waals surface area contributed by atoms with Crippen molar-refractivity contribution in [1.29, 1.82) is 0 Å². The van der Waals surface area contributed by atoms with Gasteiger partial charge in [0.05, 0.1) is 11.6 Å². The molecule has 0 aromatic carbocycles. The maximum atomic E-state index is 9.44. The number of hydrogen-bond donors (Lipinski definition) is 2. The number of aliphatic hydroxyl groups excluding tert-OH is 1. The van der Waals surface area contributed by atoms with Crippen molar-refractivity contribution in [3.05, 3.63) is 21.9 Å². The van der Waals surface area contributed by atoms with Crippen molar-refractivity contribution in [3.63, 3.8) is 0 Å². The van der Waals surface area contributed by atoms with E-state index in [1.165, 1.54) is 10.4 Å². The minimum atomic E-state index is -0.168. The summed E-state index contributed by atoms with van der Waals surface area (Å²) < 4.78 is 0. The second-order valence-corrected chi connectivity index (χ2v) is 5.29. The van der Waals surface area contributed by atoms with Gasteiger partial charge in [0.1, 0.15) is 0 Å². The van der Waals surface area contributed by atoms with Crippen molar-refractivity contribution >= 4 is 11.3 Å². The summed E-state index contributed by atoms with van der Waals surface area (Å²) in [5.74, 6) is 0. The highest BCUT2D eigenvalue weighted by Crippen LogP contribution is 2.37. The van der Waals surface area contributed by atoms with E-state index < -0.39 is 0 Å². The molecule has 0 aliphatic heterocycles. The highest BCUT2D eigenvalue weighted by atomic mass is 32.1. The molecule has 1 heterocycles. The van der Waals surface area contributed by atoms with Gasteiger partial charge >= 0.3 is 0 Å². The maximum absolute atomic E-state index is 9.44. The molecule has 2 rings (SSSR count). The van der Waals surface area contributed by atoms with Crippen LogP contribution in [0.25, 0.3) is 0 Å². The lowest BCUT2D eigenvalue weighted by molar-refractivity contribution is 0.0979. The molecule has 1 aliphatic carbocycles. The highest BCUT2D eigenvalue weighted by molar-refractivity contribution is 7.10. The second kappa shape index (κ2) is 3.65. The van der Waals surface area contributed by atoms with Crippen LogP contribution in [0.15, 0.2) is 11.4 Å². The number of rotatable bonds is 1. The van der Waals surface area contributed by atoms with Gasteiger partial charge in [0.25, 0.3) is 0 Å². The van der Waals surface area contributed by atoms with Gasteiger partial charge in [-0.15, -0.1) is 11.3 Å². The molecule has 2 nitrogen and oxygen atoms in total. The third-order valence-electron chi connectivity index (χ3n) is 3.07. The van der Waals surface area contributed by atoms with Crippen LogP contribution in [0.1, 0.15) is 36.1 Å². The van der Waals surface area contributed by atoms with E-state index in [0.717, 1.165) is 25.7 Å². The van der Waals surface area contributed by atoms with Crippen LogP contribution >= 0.6 is 11.3 Å². The van der Waals surface area contributed by atoms with Gasteiger partial charge in [-0.05, 0) is 49.6 Å². The molecular formula is C11H17NOS. The Balaban J connectivity index is 2.16. The Labute approximate surface area is 88.8 Å². The fourth-order valence-corrected chi connectivity index (χ4v) is 3.13. The van der Waals surface area contributed by atoms with Crippen molar-refractivity contribution < 1.29 is 5.11 Å². The molecule has 0 saturated heterocycles. The van der Waals surface area contributed by atoms with E-state index >= 15 is 0 Å². The van der Waals surface area contributed by atoms with Gasteiger partial charge in [-0.1, -0.05) is 0 Å². The summed E-state index contributed by atoms with van der Waals surface area (Å²) in [5, 5.41) is 11.6. The first-order valence-electron chi connectivity index (χ1n) is 5.13. The van der Waals surface area contributed by atoms with Crippen molar-refractivity contribution in [2.45, 2.75) is 44.2 Å². The molecule has 0 unspecified atom stereocenters. The molecule has 1 aliphatic rings. The fourth-order valence-electron chi connectivity index (χ4n) is 2.06. The molecule has 78 valence electrons. The van der Waals surface area contributed by atoms with Crippen LogP contribution in [-0.4, -0.2) is 11.2 Å². The Bertz CT molecular complexity index is 313. The van der Waals surface area contributed by atoms with Crippen molar-refractivity contribution in [2.24, 2.45) is 5.73 Å². The van der Waals surface area contributed by atoms with Crippen LogP contribution in [0.5, 0.6) is 0 Å². The van der Waals surface area contributed by atoms with E-state index in [-0.39, 0.29) is 11.6 Å². The maximum Gasteiger partial charge on any atom is 0.0541 e. The molecule has 3 heteroatoms. The van der Waals surface area contributed by atoms with Crippen molar-refractivity contribution in [3.8, 4) is 0 Å². The number of nitrogens with two attached hydrogens (primary N) is 1. The molecule has 0 amide bonds. The molecule has 14 heavy (non-hydrogen) atoms. The molecule has 1 aromatic rings. The third kappa shape index (κ3) is 1.85. The fraction of sp³-hybridized carbons (Fsp3) is 0.636. The lowest BCUT2D eigenvalue weighted by Gasteiger charge is -2.34. The monoisotopic (exact) mass is 211 g/mol. The van der Waals surface area contributed by atoms with Crippen LogP contribution in [0.4, 0.5) is 0 Å². The minimum Gasteiger partial charge on any atom is -0.393 e. The topological polar surface area (TPSA) is 46.2 Å². The largest absolute Gasteiger partial charge is 0.393 e. The van der Waals surface area contributed by atoms with E-state index in [0.29, 0.717) is 0 Å². The molecule has 0 atom stereocenters. The highest BCUT2D eigenvalue weighted by Gasteiger charge is 2.33. The van der Waals surface area contributed by atoms with E-state index in [4.69, 9.17) is 5.73 Å². The molecule has 0 spiro atoms. The molecule has 1 saturated carbocycles. The Morgan fingerprint density at radius 2 is 2.14 bits per heavy atom. The summed E-state index contributed by atoms with van der Waals surface area (Å²) in [5.41, 5.74) is 7.48. The SMILES string of the molecule is Cc1csc(C2(N)CCC(O)CC2)c1. The van der Waals surface area contributed by atoms with Crippen LogP contribution in [0.3, 0.4) is 0 Å². The summed E-state index contributed by atoms with van der Waals surface area (Å²) in [6.45, 7) is 2.10. The van der Waals surface area contributed by atoms with Crippen LogP contribution in [0, 0.1) is 6.92 Å². The van der Waals surface area contributed by atoms with Gasteiger partial charge in [0.2, 0.25) is 0 Å². The summed E-state index contributed by atoms with van der Waals surface area (Å²) in [7, 11) is 0. The quantitative estimate of drug-likeness (QED) is 0.747. The van der Waals surface area contributed by atoms with Crippen LogP contribution in [0.2, 0.25) is 0 Å². The summed E-state index contributed by atoms with van der Waals surface area (Å²) in [4.78, 5) is 1.28. The van der Waals surface area contributed by atoms with Gasteiger partial charge < -0.3 is 10.8 Å². The first-order valence-corrected chi connectivity index (χ1v) is 6.01.